The van der Waals surface area contributed by atoms with E-state index in [9.17, 15) is 19.2 Å². The monoisotopic (exact) mass is 563 g/mol. The van der Waals surface area contributed by atoms with Crippen LogP contribution in [0.2, 0.25) is 5.02 Å². The molecule has 0 aliphatic carbocycles. The van der Waals surface area contributed by atoms with Crippen LogP contribution in [-0.4, -0.2) is 65.1 Å². The molecule has 10 heteroatoms. The van der Waals surface area contributed by atoms with E-state index in [0.29, 0.717) is 17.0 Å². The maximum atomic E-state index is 14.3. The zero-order valence-electron chi connectivity index (χ0n) is 22.4. The molecule has 0 saturated carbocycles. The number of amides is 4. The van der Waals surface area contributed by atoms with Crippen LogP contribution in [0.1, 0.15) is 36.9 Å². The van der Waals surface area contributed by atoms with E-state index < -0.39 is 29.8 Å². The minimum absolute atomic E-state index is 0.0850. The Labute approximate surface area is 238 Å². The van der Waals surface area contributed by atoms with Crippen LogP contribution in [0.5, 0.6) is 0 Å². The molecule has 1 aliphatic heterocycles. The molecule has 3 aromatic carbocycles. The van der Waals surface area contributed by atoms with E-state index in [2.05, 4.69) is 5.32 Å². The van der Waals surface area contributed by atoms with Gasteiger partial charge in [0.2, 0.25) is 17.7 Å². The number of hydrogen-bond acceptors (Lipinski definition) is 5. The number of fused-ring (bicyclic) bond motifs is 1. The van der Waals surface area contributed by atoms with Crippen LogP contribution in [0.3, 0.4) is 0 Å². The first kappa shape index (κ1) is 29.0. The number of primary amides is 1. The number of nitrogens with two attached hydrogens (primary N) is 2. The van der Waals surface area contributed by atoms with Gasteiger partial charge in [0, 0.05) is 37.0 Å². The SMILES string of the molecule is C[C@@H]1CCN(C(Cc2cccc3ccccc23)C(N)=O)C(=O)[C@@H](c2cccc(Cl)c2)N1C(=O)CNC(=O)CCN. The molecule has 0 aromatic heterocycles. The van der Waals surface area contributed by atoms with Crippen molar-refractivity contribution in [2.75, 3.05) is 19.6 Å². The Morgan fingerprint density at radius 2 is 1.80 bits per heavy atom. The quantitative estimate of drug-likeness (QED) is 0.367. The van der Waals surface area contributed by atoms with Crippen LogP contribution in [0.15, 0.2) is 66.7 Å². The van der Waals surface area contributed by atoms with Crippen molar-refractivity contribution in [2.24, 2.45) is 11.5 Å². The topological polar surface area (TPSA) is 139 Å². The fourth-order valence-corrected chi connectivity index (χ4v) is 5.51. The van der Waals surface area contributed by atoms with E-state index in [1.54, 1.807) is 24.3 Å². The number of benzene rings is 3. The smallest absolute Gasteiger partial charge is 0.250 e. The van der Waals surface area contributed by atoms with E-state index in [-0.39, 0.29) is 44.4 Å². The summed E-state index contributed by atoms with van der Waals surface area (Å²) in [5.41, 5.74) is 12.8. The minimum Gasteiger partial charge on any atom is -0.368 e. The van der Waals surface area contributed by atoms with Gasteiger partial charge in [0.05, 0.1) is 6.54 Å². The van der Waals surface area contributed by atoms with Crippen molar-refractivity contribution in [1.82, 2.24) is 15.1 Å². The van der Waals surface area contributed by atoms with Crippen LogP contribution in [0.4, 0.5) is 0 Å². The van der Waals surface area contributed by atoms with Crippen LogP contribution < -0.4 is 16.8 Å². The van der Waals surface area contributed by atoms with Gasteiger partial charge in [-0.25, -0.2) is 0 Å². The Balaban J connectivity index is 1.72. The highest BCUT2D eigenvalue weighted by molar-refractivity contribution is 6.30. The molecule has 1 unspecified atom stereocenters. The van der Waals surface area contributed by atoms with Gasteiger partial charge in [-0.1, -0.05) is 66.2 Å². The molecular weight excluding hydrogens is 530 g/mol. The summed E-state index contributed by atoms with van der Waals surface area (Å²) in [5.74, 6) is -1.85. The van der Waals surface area contributed by atoms with Crippen molar-refractivity contribution >= 4 is 46.0 Å². The van der Waals surface area contributed by atoms with Crippen molar-refractivity contribution in [3.05, 3.63) is 82.9 Å². The van der Waals surface area contributed by atoms with Gasteiger partial charge in [0.25, 0.3) is 5.91 Å². The molecule has 0 radical (unpaired) electrons. The lowest BCUT2D eigenvalue weighted by Crippen LogP contribution is -2.53. The molecule has 4 amide bonds. The molecule has 1 heterocycles. The molecule has 0 spiro atoms. The summed E-state index contributed by atoms with van der Waals surface area (Å²) in [6.07, 6.45) is 0.717. The minimum atomic E-state index is -1.07. The summed E-state index contributed by atoms with van der Waals surface area (Å²) in [4.78, 5) is 55.7. The first-order chi connectivity index (χ1) is 19.2. The average Bonchev–Trinajstić information content (AvgIpc) is 3.06. The van der Waals surface area contributed by atoms with Crippen LogP contribution >= 0.6 is 11.6 Å². The van der Waals surface area contributed by atoms with Gasteiger partial charge in [-0.3, -0.25) is 19.2 Å². The first-order valence-electron chi connectivity index (χ1n) is 13.3. The van der Waals surface area contributed by atoms with Gasteiger partial charge >= 0.3 is 0 Å². The molecular formula is C30H34ClN5O4. The number of carbonyl (C=O) groups excluding carboxylic acids is 4. The van der Waals surface area contributed by atoms with Gasteiger partial charge in [-0.05, 0) is 47.4 Å². The molecule has 0 bridgehead atoms. The summed E-state index contributed by atoms with van der Waals surface area (Å²) >= 11 is 6.29. The number of hydrogen-bond donors (Lipinski definition) is 3. The molecule has 1 aliphatic rings. The number of nitrogens with one attached hydrogen (secondary N) is 1. The second kappa shape index (κ2) is 12.9. The summed E-state index contributed by atoms with van der Waals surface area (Å²) in [6.45, 7) is 1.93. The second-order valence-electron chi connectivity index (χ2n) is 10.0. The Bertz CT molecular complexity index is 1410. The summed E-state index contributed by atoms with van der Waals surface area (Å²) in [5, 5.41) is 4.98. The molecule has 210 valence electrons. The van der Waals surface area contributed by atoms with E-state index in [4.69, 9.17) is 23.1 Å². The van der Waals surface area contributed by atoms with Gasteiger partial charge in [-0.2, -0.15) is 0 Å². The number of rotatable bonds is 9. The van der Waals surface area contributed by atoms with Crippen molar-refractivity contribution in [1.29, 1.82) is 0 Å². The Kier molecular flexibility index (Phi) is 9.39. The third kappa shape index (κ3) is 6.43. The van der Waals surface area contributed by atoms with Gasteiger partial charge in [0.15, 0.2) is 0 Å². The zero-order valence-corrected chi connectivity index (χ0v) is 23.1. The van der Waals surface area contributed by atoms with Crippen LogP contribution in [0.25, 0.3) is 10.8 Å². The Hall–Kier alpha value is -3.95. The number of halogens is 1. The first-order valence-corrected chi connectivity index (χ1v) is 13.7. The third-order valence-corrected chi connectivity index (χ3v) is 7.55. The lowest BCUT2D eigenvalue weighted by atomic mass is 9.96. The third-order valence-electron chi connectivity index (χ3n) is 7.32. The maximum Gasteiger partial charge on any atom is 0.250 e. The Morgan fingerprint density at radius 1 is 1.07 bits per heavy atom. The van der Waals surface area contributed by atoms with E-state index in [0.717, 1.165) is 16.3 Å². The molecule has 3 aromatic rings. The predicted molar refractivity (Wildman–Crippen MR) is 154 cm³/mol. The van der Waals surface area contributed by atoms with Crippen LogP contribution in [-0.2, 0) is 25.6 Å². The molecule has 9 nitrogen and oxygen atoms in total. The zero-order chi connectivity index (χ0) is 28.8. The van der Waals surface area contributed by atoms with Crippen molar-refractivity contribution in [2.45, 2.75) is 44.3 Å². The second-order valence-corrected chi connectivity index (χ2v) is 10.4. The van der Waals surface area contributed by atoms with E-state index >= 15 is 0 Å². The van der Waals surface area contributed by atoms with Crippen molar-refractivity contribution in [3.63, 3.8) is 0 Å². The highest BCUT2D eigenvalue weighted by Crippen LogP contribution is 2.33. The van der Waals surface area contributed by atoms with Gasteiger partial charge in [-0.15, -0.1) is 0 Å². The van der Waals surface area contributed by atoms with Crippen molar-refractivity contribution < 1.29 is 19.2 Å². The fraction of sp³-hybridized carbons (Fsp3) is 0.333. The van der Waals surface area contributed by atoms with E-state index in [1.165, 1.54) is 9.80 Å². The Morgan fingerprint density at radius 3 is 2.52 bits per heavy atom. The maximum absolute atomic E-state index is 14.3. The highest BCUT2D eigenvalue weighted by atomic mass is 35.5. The molecule has 1 fully saturated rings. The summed E-state index contributed by atoms with van der Waals surface area (Å²) < 4.78 is 0. The molecule has 40 heavy (non-hydrogen) atoms. The lowest BCUT2D eigenvalue weighted by molar-refractivity contribution is -0.148. The van der Waals surface area contributed by atoms with Gasteiger partial charge in [0.1, 0.15) is 12.1 Å². The molecule has 5 N–H and O–H groups in total. The molecule has 1 saturated heterocycles. The standard InChI is InChI=1S/C30H34ClN5O4/c1-19-13-15-35(25(29(33)39)17-21-8-4-7-20-6-2-3-11-24(20)21)30(40)28(22-9-5-10-23(31)16-22)36(19)27(38)18-34-26(37)12-14-32/h2-11,16,19,25,28H,12-15,17-18,32H2,1H3,(H2,33,39)(H,34,37)/t19-,25?,28-/m1/s1. The number of nitrogens with zero attached hydrogens (tertiary/aromatic N) is 2. The fourth-order valence-electron chi connectivity index (χ4n) is 5.31. The predicted octanol–water partition coefficient (Wildman–Crippen LogP) is 2.55. The normalized spacial score (nSPS) is 18.3. The molecule has 4 rings (SSSR count). The number of carbonyl (C=O) groups is 4. The van der Waals surface area contributed by atoms with E-state index in [1.807, 2.05) is 49.4 Å². The summed E-state index contributed by atoms with van der Waals surface area (Å²) in [6, 6.07) is 18.0. The average molecular weight is 564 g/mol. The highest BCUT2D eigenvalue weighted by Gasteiger charge is 2.43. The van der Waals surface area contributed by atoms with Crippen LogP contribution in [0, 0.1) is 0 Å². The largest absolute Gasteiger partial charge is 0.368 e. The molecule has 3 atom stereocenters. The summed E-state index contributed by atoms with van der Waals surface area (Å²) in [7, 11) is 0. The van der Waals surface area contributed by atoms with Gasteiger partial charge < -0.3 is 26.6 Å². The van der Waals surface area contributed by atoms with Crippen molar-refractivity contribution in [3.8, 4) is 0 Å². The lowest BCUT2D eigenvalue weighted by Gasteiger charge is -2.36.